The van der Waals surface area contributed by atoms with Crippen LogP contribution < -0.4 is 11.1 Å². The fourth-order valence-electron chi connectivity index (χ4n) is 2.63. The molecule has 3 amide bonds. The van der Waals surface area contributed by atoms with Crippen molar-refractivity contribution in [3.63, 3.8) is 0 Å². The highest BCUT2D eigenvalue weighted by atomic mass is 16.2. The second-order valence-electron chi connectivity index (χ2n) is 5.56. The predicted molar refractivity (Wildman–Crippen MR) is 64.3 cm³/mol. The minimum absolute atomic E-state index is 0.0687. The highest BCUT2D eigenvalue weighted by Gasteiger charge is 2.46. The van der Waals surface area contributed by atoms with E-state index in [-0.39, 0.29) is 24.4 Å². The molecule has 2 aliphatic rings. The normalized spacial score (nSPS) is 31.4. The smallest absolute Gasteiger partial charge is 0.252 e. The molecule has 1 aliphatic heterocycles. The van der Waals surface area contributed by atoms with Gasteiger partial charge < -0.3 is 10.6 Å². The van der Waals surface area contributed by atoms with Crippen molar-refractivity contribution in [2.24, 2.45) is 11.7 Å². The number of carbonyl (C=O) groups is 3. The van der Waals surface area contributed by atoms with Crippen molar-refractivity contribution in [3.05, 3.63) is 0 Å². The first kappa shape index (κ1) is 13.0. The van der Waals surface area contributed by atoms with E-state index in [1.165, 1.54) is 4.90 Å². The van der Waals surface area contributed by atoms with Crippen LogP contribution in [0.25, 0.3) is 0 Å². The summed E-state index contributed by atoms with van der Waals surface area (Å²) >= 11 is 0. The van der Waals surface area contributed by atoms with E-state index in [2.05, 4.69) is 5.32 Å². The zero-order chi connectivity index (χ0) is 13.5. The van der Waals surface area contributed by atoms with E-state index in [1.54, 1.807) is 13.8 Å². The number of nitrogens with one attached hydrogen (secondary N) is 1. The number of piperazine rings is 1. The molecule has 0 aromatic rings. The monoisotopic (exact) mass is 253 g/mol. The maximum Gasteiger partial charge on any atom is 0.252 e. The van der Waals surface area contributed by atoms with E-state index in [0.717, 1.165) is 19.3 Å². The molecule has 2 rings (SSSR count). The Morgan fingerprint density at radius 3 is 2.61 bits per heavy atom. The highest BCUT2D eigenvalue weighted by molar-refractivity contribution is 6.06. The quantitative estimate of drug-likeness (QED) is 0.609. The van der Waals surface area contributed by atoms with Gasteiger partial charge in [-0.2, -0.15) is 0 Å². The summed E-state index contributed by atoms with van der Waals surface area (Å²) in [4.78, 5) is 37.0. The molecule has 0 radical (unpaired) electrons. The van der Waals surface area contributed by atoms with Crippen molar-refractivity contribution in [1.29, 1.82) is 0 Å². The molecule has 1 saturated heterocycles. The van der Waals surface area contributed by atoms with Crippen molar-refractivity contribution in [2.45, 2.75) is 44.7 Å². The molecule has 6 heteroatoms. The first-order chi connectivity index (χ1) is 8.34. The van der Waals surface area contributed by atoms with Crippen LogP contribution in [-0.2, 0) is 14.4 Å². The molecule has 0 bridgehead atoms. The van der Waals surface area contributed by atoms with E-state index < -0.39 is 17.4 Å². The topological polar surface area (TPSA) is 92.5 Å². The van der Waals surface area contributed by atoms with Gasteiger partial charge in [0.15, 0.2) is 0 Å². The molecule has 100 valence electrons. The minimum atomic E-state index is -0.993. The third-order valence-corrected chi connectivity index (χ3v) is 3.94. The number of carbonyl (C=O) groups excluding carboxylic acids is 3. The molecule has 2 atom stereocenters. The molecule has 3 N–H and O–H groups in total. The van der Waals surface area contributed by atoms with Crippen LogP contribution in [0, 0.1) is 5.92 Å². The lowest BCUT2D eigenvalue weighted by atomic mass is 9.94. The summed E-state index contributed by atoms with van der Waals surface area (Å²) in [5, 5.41) is 2.25. The molecule has 2 fully saturated rings. The Morgan fingerprint density at radius 1 is 1.39 bits per heavy atom. The lowest BCUT2D eigenvalue weighted by molar-refractivity contribution is -0.157. The lowest BCUT2D eigenvalue weighted by Crippen LogP contribution is -2.66. The van der Waals surface area contributed by atoms with Crippen LogP contribution in [-0.4, -0.2) is 40.7 Å². The Morgan fingerprint density at radius 2 is 2.06 bits per heavy atom. The van der Waals surface area contributed by atoms with Crippen molar-refractivity contribution in [1.82, 2.24) is 10.2 Å². The number of imide groups is 1. The molecule has 1 heterocycles. The first-order valence-electron chi connectivity index (χ1n) is 6.25. The Kier molecular flexibility index (Phi) is 3.14. The van der Waals surface area contributed by atoms with Crippen LogP contribution >= 0.6 is 0 Å². The van der Waals surface area contributed by atoms with Gasteiger partial charge in [0.1, 0.15) is 12.1 Å². The number of hydrogen-bond donors (Lipinski definition) is 2. The molecule has 2 unspecified atom stereocenters. The zero-order valence-corrected chi connectivity index (χ0v) is 10.7. The maximum absolute atomic E-state index is 12.4. The van der Waals surface area contributed by atoms with Crippen molar-refractivity contribution in [3.8, 4) is 0 Å². The SMILES string of the molecule is CC1(C)C(=O)NC(=O)CN1C(=O)C1CCCC1N. The van der Waals surface area contributed by atoms with Crippen molar-refractivity contribution in [2.75, 3.05) is 6.54 Å². The van der Waals surface area contributed by atoms with Gasteiger partial charge in [-0.05, 0) is 26.7 Å². The standard InChI is InChI=1S/C12H19N3O3/c1-12(2)11(18)14-9(16)6-15(12)10(17)7-4-3-5-8(7)13/h7-8H,3-6,13H2,1-2H3,(H,14,16,18). The lowest BCUT2D eigenvalue weighted by Gasteiger charge is -2.41. The summed E-state index contributed by atoms with van der Waals surface area (Å²) in [6.07, 6.45) is 2.49. The second-order valence-corrected chi connectivity index (χ2v) is 5.56. The summed E-state index contributed by atoms with van der Waals surface area (Å²) in [6.45, 7) is 3.22. The Hall–Kier alpha value is -1.43. The van der Waals surface area contributed by atoms with E-state index in [0.29, 0.717) is 0 Å². The summed E-state index contributed by atoms with van der Waals surface area (Å²) in [6, 6.07) is -0.159. The van der Waals surface area contributed by atoms with Crippen LogP contribution in [0.1, 0.15) is 33.1 Å². The molecule has 18 heavy (non-hydrogen) atoms. The van der Waals surface area contributed by atoms with Crippen LogP contribution in [0.15, 0.2) is 0 Å². The molecular weight excluding hydrogens is 234 g/mol. The van der Waals surface area contributed by atoms with Gasteiger partial charge >= 0.3 is 0 Å². The van der Waals surface area contributed by atoms with E-state index >= 15 is 0 Å². The largest absolute Gasteiger partial charge is 0.327 e. The number of nitrogens with two attached hydrogens (primary N) is 1. The summed E-state index contributed by atoms with van der Waals surface area (Å²) in [5.74, 6) is -1.30. The highest BCUT2D eigenvalue weighted by Crippen LogP contribution is 2.29. The van der Waals surface area contributed by atoms with Crippen LogP contribution in [0.4, 0.5) is 0 Å². The van der Waals surface area contributed by atoms with Crippen LogP contribution in [0.3, 0.4) is 0 Å². The number of rotatable bonds is 1. The summed E-state index contributed by atoms with van der Waals surface area (Å²) < 4.78 is 0. The van der Waals surface area contributed by atoms with Gasteiger partial charge in [0.05, 0.1) is 5.92 Å². The molecule has 0 aromatic heterocycles. The van der Waals surface area contributed by atoms with Gasteiger partial charge in [0.25, 0.3) is 5.91 Å². The fraction of sp³-hybridized carbons (Fsp3) is 0.750. The van der Waals surface area contributed by atoms with Gasteiger partial charge in [0, 0.05) is 6.04 Å². The molecule has 1 saturated carbocycles. The van der Waals surface area contributed by atoms with Gasteiger partial charge in [-0.3, -0.25) is 19.7 Å². The van der Waals surface area contributed by atoms with Crippen molar-refractivity contribution >= 4 is 17.7 Å². The zero-order valence-electron chi connectivity index (χ0n) is 10.7. The number of hydrogen-bond acceptors (Lipinski definition) is 4. The maximum atomic E-state index is 12.4. The minimum Gasteiger partial charge on any atom is -0.327 e. The van der Waals surface area contributed by atoms with Crippen LogP contribution in [0.2, 0.25) is 0 Å². The number of nitrogens with zero attached hydrogens (tertiary/aromatic N) is 1. The van der Waals surface area contributed by atoms with E-state index in [4.69, 9.17) is 5.73 Å². The summed E-state index contributed by atoms with van der Waals surface area (Å²) in [7, 11) is 0. The fourth-order valence-corrected chi connectivity index (χ4v) is 2.63. The Bertz CT molecular complexity index is 405. The number of amides is 3. The molecular formula is C12H19N3O3. The summed E-state index contributed by atoms with van der Waals surface area (Å²) in [5.41, 5.74) is 4.92. The van der Waals surface area contributed by atoms with Gasteiger partial charge in [-0.1, -0.05) is 6.42 Å². The molecule has 6 nitrogen and oxygen atoms in total. The third kappa shape index (κ3) is 2.01. The van der Waals surface area contributed by atoms with Gasteiger partial charge in [0.2, 0.25) is 11.8 Å². The van der Waals surface area contributed by atoms with Gasteiger partial charge in [-0.25, -0.2) is 0 Å². The first-order valence-corrected chi connectivity index (χ1v) is 6.25. The van der Waals surface area contributed by atoms with E-state index in [9.17, 15) is 14.4 Å². The third-order valence-electron chi connectivity index (χ3n) is 3.94. The molecule has 0 spiro atoms. The Labute approximate surface area is 106 Å². The second kappa shape index (κ2) is 4.35. The van der Waals surface area contributed by atoms with Crippen molar-refractivity contribution < 1.29 is 14.4 Å². The average Bonchev–Trinajstić information content (AvgIpc) is 2.69. The molecule has 1 aliphatic carbocycles. The van der Waals surface area contributed by atoms with E-state index in [1.807, 2.05) is 0 Å². The average molecular weight is 253 g/mol. The Balaban J connectivity index is 2.22. The van der Waals surface area contributed by atoms with Gasteiger partial charge in [-0.15, -0.1) is 0 Å². The predicted octanol–water partition coefficient (Wildman–Crippen LogP) is -0.623. The van der Waals surface area contributed by atoms with Crippen LogP contribution in [0.5, 0.6) is 0 Å². The molecule has 0 aromatic carbocycles.